The summed E-state index contributed by atoms with van der Waals surface area (Å²) in [6, 6.07) is 4.41. The zero-order valence-electron chi connectivity index (χ0n) is 15.0. The van der Waals surface area contributed by atoms with E-state index in [4.69, 9.17) is 4.74 Å². The molecule has 0 saturated heterocycles. The molecule has 0 saturated carbocycles. The number of esters is 1. The molecule has 0 bridgehead atoms. The van der Waals surface area contributed by atoms with Gasteiger partial charge in [-0.2, -0.15) is 18.2 Å². The van der Waals surface area contributed by atoms with Crippen molar-refractivity contribution in [3.63, 3.8) is 0 Å². The average Bonchev–Trinajstić information content (AvgIpc) is 3.03. The lowest BCUT2D eigenvalue weighted by atomic mass is 10.2. The van der Waals surface area contributed by atoms with Crippen LogP contribution in [-0.2, 0) is 22.3 Å². The van der Waals surface area contributed by atoms with Crippen molar-refractivity contribution < 1.29 is 27.8 Å². The highest BCUT2D eigenvalue weighted by Gasteiger charge is 2.30. The molecule has 12 heteroatoms. The van der Waals surface area contributed by atoms with Gasteiger partial charge in [-0.1, -0.05) is 6.07 Å². The van der Waals surface area contributed by atoms with Crippen LogP contribution in [0.25, 0.3) is 11.2 Å². The van der Waals surface area contributed by atoms with E-state index in [-0.39, 0.29) is 36.0 Å². The summed E-state index contributed by atoms with van der Waals surface area (Å²) in [6.45, 7) is 0.878. The number of anilines is 2. The van der Waals surface area contributed by atoms with Crippen LogP contribution in [0.15, 0.2) is 35.4 Å². The molecule has 0 radical (unpaired) electrons. The molecule has 2 heterocycles. The molecule has 0 spiro atoms. The molecule has 0 aliphatic heterocycles. The molecule has 0 aliphatic rings. The molecular weight excluding hydrogens is 395 g/mol. The van der Waals surface area contributed by atoms with Crippen molar-refractivity contribution >= 4 is 28.8 Å². The van der Waals surface area contributed by atoms with Crippen molar-refractivity contribution in [2.45, 2.75) is 25.7 Å². The van der Waals surface area contributed by atoms with Crippen LogP contribution in [0.5, 0.6) is 0 Å². The highest BCUT2D eigenvalue weighted by atomic mass is 19.4. The zero-order chi connectivity index (χ0) is 21.2. The maximum absolute atomic E-state index is 12.9. The van der Waals surface area contributed by atoms with Gasteiger partial charge in [-0.05, 0) is 18.2 Å². The van der Waals surface area contributed by atoms with E-state index >= 15 is 0 Å². The van der Waals surface area contributed by atoms with Gasteiger partial charge < -0.3 is 19.7 Å². The van der Waals surface area contributed by atoms with E-state index in [0.29, 0.717) is 0 Å². The van der Waals surface area contributed by atoms with E-state index in [2.05, 4.69) is 20.3 Å². The Morgan fingerprint density at radius 1 is 1.41 bits per heavy atom. The molecule has 3 N–H and O–H groups in total. The minimum Gasteiger partial charge on any atom is -0.463 e. The third kappa shape index (κ3) is 4.90. The Kier molecular flexibility index (Phi) is 5.55. The lowest BCUT2D eigenvalue weighted by Crippen LogP contribution is -2.23. The highest BCUT2D eigenvalue weighted by molar-refractivity contribution is 5.71. The lowest BCUT2D eigenvalue weighted by Gasteiger charge is -2.12. The van der Waals surface area contributed by atoms with Gasteiger partial charge in [0.05, 0.1) is 18.4 Å². The molecule has 29 heavy (non-hydrogen) atoms. The van der Waals surface area contributed by atoms with Crippen LogP contribution in [0.3, 0.4) is 0 Å². The molecule has 1 aromatic carbocycles. The summed E-state index contributed by atoms with van der Waals surface area (Å²) in [6.07, 6.45) is -4.31. The third-order valence-corrected chi connectivity index (χ3v) is 3.81. The number of hydrogen-bond donors (Lipinski definition) is 3. The van der Waals surface area contributed by atoms with Crippen LogP contribution in [0.4, 0.5) is 24.8 Å². The Bertz CT molecular complexity index is 1090. The van der Waals surface area contributed by atoms with Gasteiger partial charge >= 0.3 is 12.1 Å². The van der Waals surface area contributed by atoms with E-state index < -0.39 is 29.4 Å². The molecule has 1 atom stereocenters. The predicted molar refractivity (Wildman–Crippen MR) is 95.5 cm³/mol. The van der Waals surface area contributed by atoms with Crippen molar-refractivity contribution in [2.24, 2.45) is 0 Å². The molecule has 1 unspecified atom stereocenters. The second kappa shape index (κ2) is 7.91. The van der Waals surface area contributed by atoms with Crippen LogP contribution in [0.2, 0.25) is 0 Å². The minimum absolute atomic E-state index is 0.0146. The summed E-state index contributed by atoms with van der Waals surface area (Å²) in [5.41, 5.74) is -1.31. The number of imidazole rings is 1. The van der Waals surface area contributed by atoms with Crippen LogP contribution in [-0.4, -0.2) is 43.3 Å². The fraction of sp³-hybridized carbons (Fsp3) is 0.294. The number of halogens is 3. The molecule has 9 nitrogen and oxygen atoms in total. The monoisotopic (exact) mass is 411 g/mol. The Hall–Kier alpha value is -3.41. The minimum atomic E-state index is -4.51. The summed E-state index contributed by atoms with van der Waals surface area (Å²) in [4.78, 5) is 33.5. The van der Waals surface area contributed by atoms with E-state index in [1.165, 1.54) is 30.0 Å². The summed E-state index contributed by atoms with van der Waals surface area (Å²) in [7, 11) is 0. The van der Waals surface area contributed by atoms with Gasteiger partial charge in [-0.25, -0.2) is 4.98 Å². The van der Waals surface area contributed by atoms with Crippen molar-refractivity contribution in [3.8, 4) is 0 Å². The zero-order valence-corrected chi connectivity index (χ0v) is 15.0. The second-order valence-corrected chi connectivity index (χ2v) is 6.14. The van der Waals surface area contributed by atoms with E-state index in [1.807, 2.05) is 0 Å². The number of H-pyrrole nitrogens is 1. The summed E-state index contributed by atoms with van der Waals surface area (Å²) in [5, 5.41) is 12.6. The maximum atomic E-state index is 12.9. The van der Waals surface area contributed by atoms with Gasteiger partial charge in [0.25, 0.3) is 5.56 Å². The number of ether oxygens (including phenoxy) is 1. The highest BCUT2D eigenvalue weighted by Crippen LogP contribution is 2.31. The number of alkyl halides is 3. The van der Waals surface area contributed by atoms with E-state index in [0.717, 1.165) is 12.1 Å². The quantitative estimate of drug-likeness (QED) is 0.529. The number of aliphatic hydroxyl groups excluding tert-OH is 1. The first-order valence-electron chi connectivity index (χ1n) is 8.34. The molecule has 0 fully saturated rings. The standard InChI is InChI=1S/C17H16F3N5O4/c1-9(26)29-7-12(27)6-25-8-21-13-14(25)23-16(24-15(13)28)22-11-4-2-3-10(5-11)17(18,19)20/h2-5,8,12,27H,6-7H2,1H3,(H2,22,23,24,28). The topological polar surface area (TPSA) is 122 Å². The number of carbonyl (C=O) groups is 1. The van der Waals surface area contributed by atoms with Crippen LogP contribution in [0.1, 0.15) is 12.5 Å². The molecule has 3 rings (SSSR count). The Morgan fingerprint density at radius 2 is 2.17 bits per heavy atom. The number of aromatic nitrogens is 4. The summed E-state index contributed by atoms with van der Waals surface area (Å²) in [5.74, 6) is -0.653. The summed E-state index contributed by atoms with van der Waals surface area (Å²) >= 11 is 0. The number of carbonyl (C=O) groups excluding carboxylic acids is 1. The number of benzene rings is 1. The first-order valence-corrected chi connectivity index (χ1v) is 8.34. The van der Waals surface area contributed by atoms with Gasteiger partial charge in [0.15, 0.2) is 11.2 Å². The SMILES string of the molecule is CC(=O)OCC(O)Cn1cnc2c(=O)[nH]c(Nc3cccc(C(F)(F)F)c3)nc21. The van der Waals surface area contributed by atoms with E-state index in [1.54, 1.807) is 0 Å². The number of aromatic amines is 1. The smallest absolute Gasteiger partial charge is 0.416 e. The number of nitrogens with zero attached hydrogens (tertiary/aromatic N) is 3. The number of nitrogens with one attached hydrogen (secondary N) is 2. The van der Waals surface area contributed by atoms with Gasteiger partial charge in [0.1, 0.15) is 12.7 Å². The maximum Gasteiger partial charge on any atom is 0.416 e. The van der Waals surface area contributed by atoms with Gasteiger partial charge in [-0.15, -0.1) is 0 Å². The Morgan fingerprint density at radius 3 is 2.86 bits per heavy atom. The van der Waals surface area contributed by atoms with Gasteiger partial charge in [0, 0.05) is 12.6 Å². The number of hydrogen-bond acceptors (Lipinski definition) is 7. The molecule has 2 aromatic heterocycles. The van der Waals surface area contributed by atoms with Crippen molar-refractivity contribution in [3.05, 3.63) is 46.5 Å². The number of rotatable bonds is 6. The predicted octanol–water partition coefficient (Wildman–Crippen LogP) is 1.81. The molecule has 0 amide bonds. The van der Waals surface area contributed by atoms with Crippen molar-refractivity contribution in [2.75, 3.05) is 11.9 Å². The van der Waals surface area contributed by atoms with Crippen LogP contribution >= 0.6 is 0 Å². The van der Waals surface area contributed by atoms with Crippen molar-refractivity contribution in [1.82, 2.24) is 19.5 Å². The third-order valence-electron chi connectivity index (χ3n) is 3.81. The summed E-state index contributed by atoms with van der Waals surface area (Å²) < 4.78 is 44.7. The largest absolute Gasteiger partial charge is 0.463 e. The second-order valence-electron chi connectivity index (χ2n) is 6.14. The van der Waals surface area contributed by atoms with Gasteiger partial charge in [-0.3, -0.25) is 14.6 Å². The van der Waals surface area contributed by atoms with Gasteiger partial charge in [0.2, 0.25) is 5.95 Å². The van der Waals surface area contributed by atoms with Crippen molar-refractivity contribution in [1.29, 1.82) is 0 Å². The lowest BCUT2D eigenvalue weighted by molar-refractivity contribution is -0.144. The number of fused-ring (bicyclic) bond motifs is 1. The molecular formula is C17H16F3N5O4. The fourth-order valence-corrected chi connectivity index (χ4v) is 2.55. The van der Waals surface area contributed by atoms with Crippen LogP contribution < -0.4 is 10.9 Å². The first-order chi connectivity index (χ1) is 13.6. The Balaban J connectivity index is 1.87. The van der Waals surface area contributed by atoms with Crippen LogP contribution in [0, 0.1) is 0 Å². The van der Waals surface area contributed by atoms with E-state index in [9.17, 15) is 27.9 Å². The molecule has 3 aromatic rings. The fourth-order valence-electron chi connectivity index (χ4n) is 2.55. The molecule has 154 valence electrons. The number of aliphatic hydroxyl groups is 1. The normalized spacial score (nSPS) is 12.7. The average molecular weight is 411 g/mol. The Labute approximate surface area is 161 Å². The molecule has 0 aliphatic carbocycles. The first kappa shape index (κ1) is 20.3.